The first kappa shape index (κ1) is 19.1. The Morgan fingerprint density at radius 1 is 1.08 bits per heavy atom. The van der Waals surface area contributed by atoms with Gasteiger partial charge in [-0.25, -0.2) is 4.79 Å². The lowest BCUT2D eigenvalue weighted by Gasteiger charge is -2.11. The fraction of sp³-hybridized carbons (Fsp3) is 0.222. The van der Waals surface area contributed by atoms with Crippen LogP contribution in [0.5, 0.6) is 0 Å². The van der Waals surface area contributed by atoms with Gasteiger partial charge in [0.1, 0.15) is 0 Å². The monoisotopic (exact) mass is 380 g/mol. The van der Waals surface area contributed by atoms with Crippen LogP contribution in [0, 0.1) is 0 Å². The van der Waals surface area contributed by atoms with Crippen molar-refractivity contribution < 1.29 is 14.3 Å². The first-order chi connectivity index (χ1) is 12.0. The Balaban J connectivity index is 1.92. The van der Waals surface area contributed by atoms with E-state index >= 15 is 0 Å². The van der Waals surface area contributed by atoms with Gasteiger partial charge in [-0.1, -0.05) is 35.3 Å². The number of carbonyl (C=O) groups excluding carboxylic acids is 2. The second-order valence-corrected chi connectivity index (χ2v) is 5.96. The number of para-hydroxylation sites is 1. The van der Waals surface area contributed by atoms with Crippen molar-refractivity contribution in [1.82, 2.24) is 0 Å². The van der Waals surface area contributed by atoms with Crippen molar-refractivity contribution in [3.8, 4) is 0 Å². The third-order valence-corrected chi connectivity index (χ3v) is 3.86. The molecule has 132 valence electrons. The number of anilines is 2. The molecule has 2 aromatic carbocycles. The normalized spacial score (nSPS) is 10.2. The molecule has 0 bridgehead atoms. The Hall–Kier alpha value is -2.24. The molecule has 0 aromatic heterocycles. The SMILES string of the molecule is CCOC(=O)c1ccccc1NC(=O)CCNc1cc(Cl)ccc1Cl. The zero-order chi connectivity index (χ0) is 18.2. The number of ether oxygens (including phenoxy) is 1. The molecule has 0 radical (unpaired) electrons. The maximum absolute atomic E-state index is 12.1. The van der Waals surface area contributed by atoms with Crippen LogP contribution in [0.4, 0.5) is 11.4 Å². The van der Waals surface area contributed by atoms with Crippen molar-refractivity contribution in [3.63, 3.8) is 0 Å². The number of rotatable bonds is 7. The highest BCUT2D eigenvalue weighted by Gasteiger charge is 2.13. The van der Waals surface area contributed by atoms with Crippen LogP contribution in [0.3, 0.4) is 0 Å². The molecule has 2 aromatic rings. The van der Waals surface area contributed by atoms with E-state index in [4.69, 9.17) is 27.9 Å². The largest absolute Gasteiger partial charge is 0.462 e. The molecule has 0 saturated carbocycles. The number of esters is 1. The maximum atomic E-state index is 12.1. The van der Waals surface area contributed by atoms with Crippen molar-refractivity contribution in [2.24, 2.45) is 0 Å². The van der Waals surface area contributed by atoms with Crippen LogP contribution in [0.1, 0.15) is 23.7 Å². The Morgan fingerprint density at radius 2 is 1.84 bits per heavy atom. The smallest absolute Gasteiger partial charge is 0.340 e. The fourth-order valence-electron chi connectivity index (χ4n) is 2.14. The van der Waals surface area contributed by atoms with Gasteiger partial charge in [0, 0.05) is 18.0 Å². The van der Waals surface area contributed by atoms with Gasteiger partial charge in [-0.05, 0) is 37.3 Å². The van der Waals surface area contributed by atoms with E-state index in [0.29, 0.717) is 33.5 Å². The van der Waals surface area contributed by atoms with Gasteiger partial charge in [0.05, 0.1) is 28.6 Å². The summed E-state index contributed by atoms with van der Waals surface area (Å²) < 4.78 is 4.98. The average molecular weight is 381 g/mol. The minimum atomic E-state index is -0.470. The van der Waals surface area contributed by atoms with Crippen molar-refractivity contribution in [1.29, 1.82) is 0 Å². The van der Waals surface area contributed by atoms with Gasteiger partial charge in [0.25, 0.3) is 0 Å². The molecule has 0 aliphatic carbocycles. The minimum Gasteiger partial charge on any atom is -0.462 e. The zero-order valence-electron chi connectivity index (χ0n) is 13.6. The van der Waals surface area contributed by atoms with Gasteiger partial charge in [-0.15, -0.1) is 0 Å². The molecule has 1 amide bonds. The molecule has 0 fully saturated rings. The summed E-state index contributed by atoms with van der Waals surface area (Å²) in [5.74, 6) is -0.704. The highest BCUT2D eigenvalue weighted by molar-refractivity contribution is 6.35. The van der Waals surface area contributed by atoms with E-state index in [2.05, 4.69) is 10.6 Å². The molecule has 0 aliphatic rings. The third-order valence-electron chi connectivity index (χ3n) is 3.29. The highest BCUT2D eigenvalue weighted by Crippen LogP contribution is 2.25. The maximum Gasteiger partial charge on any atom is 0.340 e. The predicted molar refractivity (Wildman–Crippen MR) is 101 cm³/mol. The van der Waals surface area contributed by atoms with E-state index in [-0.39, 0.29) is 18.9 Å². The molecule has 0 heterocycles. The summed E-state index contributed by atoms with van der Waals surface area (Å²) >= 11 is 12.0. The number of nitrogens with one attached hydrogen (secondary N) is 2. The summed E-state index contributed by atoms with van der Waals surface area (Å²) in [6, 6.07) is 11.8. The van der Waals surface area contributed by atoms with Gasteiger partial charge in [0.15, 0.2) is 0 Å². The Kier molecular flexibility index (Phi) is 7.10. The van der Waals surface area contributed by atoms with Crippen molar-refractivity contribution >= 4 is 46.5 Å². The van der Waals surface area contributed by atoms with E-state index in [9.17, 15) is 9.59 Å². The molecule has 2 rings (SSSR count). The van der Waals surface area contributed by atoms with Gasteiger partial charge < -0.3 is 15.4 Å². The van der Waals surface area contributed by atoms with Gasteiger partial charge >= 0.3 is 5.97 Å². The first-order valence-corrected chi connectivity index (χ1v) is 8.51. The molecule has 2 N–H and O–H groups in total. The first-order valence-electron chi connectivity index (χ1n) is 7.76. The molecule has 5 nitrogen and oxygen atoms in total. The van der Waals surface area contributed by atoms with E-state index in [1.165, 1.54) is 0 Å². The molecule has 0 unspecified atom stereocenters. The fourth-order valence-corrected chi connectivity index (χ4v) is 2.49. The molecule has 0 aliphatic heterocycles. The van der Waals surface area contributed by atoms with Crippen molar-refractivity contribution in [2.75, 3.05) is 23.8 Å². The van der Waals surface area contributed by atoms with E-state index < -0.39 is 5.97 Å². The molecular weight excluding hydrogens is 363 g/mol. The van der Waals surface area contributed by atoms with Crippen molar-refractivity contribution in [3.05, 3.63) is 58.1 Å². The molecule has 0 saturated heterocycles. The molecule has 0 atom stereocenters. The van der Waals surface area contributed by atoms with E-state index in [1.54, 1.807) is 49.4 Å². The van der Waals surface area contributed by atoms with Gasteiger partial charge in [-0.2, -0.15) is 0 Å². The number of carbonyl (C=O) groups is 2. The van der Waals surface area contributed by atoms with Gasteiger partial charge in [0.2, 0.25) is 5.91 Å². The van der Waals surface area contributed by atoms with Crippen LogP contribution in [0.15, 0.2) is 42.5 Å². The summed E-state index contributed by atoms with van der Waals surface area (Å²) in [6.45, 7) is 2.37. The third kappa shape index (κ3) is 5.66. The molecule has 25 heavy (non-hydrogen) atoms. The van der Waals surface area contributed by atoms with Crippen LogP contribution in [0.2, 0.25) is 10.0 Å². The average Bonchev–Trinajstić information content (AvgIpc) is 2.58. The second kappa shape index (κ2) is 9.30. The van der Waals surface area contributed by atoms with Crippen LogP contribution >= 0.6 is 23.2 Å². The molecule has 0 spiro atoms. The van der Waals surface area contributed by atoms with E-state index in [0.717, 1.165) is 0 Å². The summed E-state index contributed by atoms with van der Waals surface area (Å²) in [7, 11) is 0. The summed E-state index contributed by atoms with van der Waals surface area (Å²) in [4.78, 5) is 24.0. The van der Waals surface area contributed by atoms with E-state index in [1.807, 2.05) is 0 Å². The molecule has 7 heteroatoms. The Labute approximate surface area is 156 Å². The van der Waals surface area contributed by atoms with Crippen molar-refractivity contribution in [2.45, 2.75) is 13.3 Å². The standard InChI is InChI=1S/C18H18Cl2N2O3/c1-2-25-18(24)13-5-3-4-6-15(13)22-17(23)9-10-21-16-11-12(19)7-8-14(16)20/h3-8,11,21H,2,9-10H2,1H3,(H,22,23). The number of halogens is 2. The lowest BCUT2D eigenvalue weighted by atomic mass is 10.1. The van der Waals surface area contributed by atoms with Crippen LogP contribution in [-0.2, 0) is 9.53 Å². The number of benzene rings is 2. The number of hydrogen-bond donors (Lipinski definition) is 2. The lowest BCUT2D eigenvalue weighted by Crippen LogP contribution is -2.18. The minimum absolute atomic E-state index is 0.194. The summed E-state index contributed by atoms with van der Waals surface area (Å²) in [5.41, 5.74) is 1.41. The topological polar surface area (TPSA) is 67.4 Å². The van der Waals surface area contributed by atoms with Crippen LogP contribution < -0.4 is 10.6 Å². The number of hydrogen-bond acceptors (Lipinski definition) is 4. The summed E-state index contributed by atoms with van der Waals surface area (Å²) in [5, 5.41) is 6.86. The lowest BCUT2D eigenvalue weighted by molar-refractivity contribution is -0.115. The number of amides is 1. The Morgan fingerprint density at radius 3 is 2.60 bits per heavy atom. The zero-order valence-corrected chi connectivity index (χ0v) is 15.2. The van der Waals surface area contributed by atoms with Crippen LogP contribution in [-0.4, -0.2) is 25.0 Å². The highest BCUT2D eigenvalue weighted by atomic mass is 35.5. The quantitative estimate of drug-likeness (QED) is 0.688. The summed E-state index contributed by atoms with van der Waals surface area (Å²) in [6.07, 6.45) is 0.194. The van der Waals surface area contributed by atoms with Gasteiger partial charge in [-0.3, -0.25) is 4.79 Å². The Bertz CT molecular complexity index is 766. The molecular formula is C18H18Cl2N2O3. The second-order valence-electron chi connectivity index (χ2n) is 5.12. The predicted octanol–water partition coefficient (Wildman–Crippen LogP) is 4.61. The van der Waals surface area contributed by atoms with Crippen LogP contribution in [0.25, 0.3) is 0 Å².